The van der Waals surface area contributed by atoms with Crippen molar-refractivity contribution >= 4 is 23.4 Å². The van der Waals surface area contributed by atoms with Crippen molar-refractivity contribution in [3.63, 3.8) is 0 Å². The Kier molecular flexibility index (Phi) is 4.64. The zero-order chi connectivity index (χ0) is 22.9. The predicted octanol–water partition coefficient (Wildman–Crippen LogP) is 3.10. The Morgan fingerprint density at radius 3 is 2.56 bits per heavy atom. The molecule has 1 fully saturated rings. The van der Waals surface area contributed by atoms with Gasteiger partial charge in [0, 0.05) is 31.6 Å². The van der Waals surface area contributed by atoms with Gasteiger partial charge in [-0.15, -0.1) is 0 Å². The van der Waals surface area contributed by atoms with Gasteiger partial charge >= 0.3 is 0 Å². The van der Waals surface area contributed by atoms with Gasteiger partial charge in [-0.05, 0) is 43.9 Å². The van der Waals surface area contributed by atoms with Crippen molar-refractivity contribution < 1.29 is 19.1 Å². The van der Waals surface area contributed by atoms with Gasteiger partial charge in [-0.2, -0.15) is 0 Å². The quantitative estimate of drug-likeness (QED) is 0.764. The molecule has 2 aromatic rings. The van der Waals surface area contributed by atoms with Gasteiger partial charge in [0.15, 0.2) is 5.75 Å². The van der Waals surface area contributed by atoms with Crippen molar-refractivity contribution in [2.45, 2.75) is 44.8 Å². The molecule has 168 valence electrons. The fourth-order valence-corrected chi connectivity index (χ4v) is 5.49. The highest BCUT2D eigenvalue weighted by Gasteiger charge is 2.54. The molecule has 0 bridgehead atoms. The van der Waals surface area contributed by atoms with Crippen molar-refractivity contribution in [1.82, 2.24) is 14.4 Å². The maximum absolute atomic E-state index is 13.5. The van der Waals surface area contributed by atoms with Crippen molar-refractivity contribution in [3.8, 4) is 5.75 Å². The number of nitrogens with zero attached hydrogens (tertiary/aromatic N) is 3. The highest BCUT2D eigenvalue weighted by atomic mass is 35.5. The molecule has 0 spiro atoms. The van der Waals surface area contributed by atoms with Gasteiger partial charge in [0.25, 0.3) is 17.4 Å². The number of benzene rings is 1. The molecule has 1 atom stereocenters. The molecule has 1 aromatic carbocycles. The van der Waals surface area contributed by atoms with Gasteiger partial charge in [0.2, 0.25) is 0 Å². The number of rotatable bonds is 3. The van der Waals surface area contributed by atoms with Gasteiger partial charge in [-0.1, -0.05) is 24.1 Å². The fourth-order valence-electron chi connectivity index (χ4n) is 5.28. The van der Waals surface area contributed by atoms with Crippen LogP contribution in [0, 0.1) is 11.7 Å². The van der Waals surface area contributed by atoms with E-state index in [1.54, 1.807) is 11.9 Å². The Bertz CT molecular complexity index is 1240. The Labute approximate surface area is 189 Å². The smallest absolute Gasteiger partial charge is 0.296 e. The van der Waals surface area contributed by atoms with Crippen LogP contribution in [0.15, 0.2) is 23.0 Å². The summed E-state index contributed by atoms with van der Waals surface area (Å²) in [5.41, 5.74) is -0.442. The topological polar surface area (TPSA) is 82.9 Å². The van der Waals surface area contributed by atoms with E-state index in [4.69, 9.17) is 11.6 Å². The summed E-state index contributed by atoms with van der Waals surface area (Å²) in [6.07, 6.45) is 3.14. The van der Waals surface area contributed by atoms with Gasteiger partial charge in [-0.3, -0.25) is 19.0 Å². The number of amides is 2. The average molecular weight is 460 g/mol. The highest BCUT2D eigenvalue weighted by Crippen LogP contribution is 2.47. The molecule has 2 aliphatic heterocycles. The van der Waals surface area contributed by atoms with Gasteiger partial charge in [0.05, 0.1) is 10.6 Å². The number of aromatic hydroxyl groups is 1. The number of fused-ring (bicyclic) bond motifs is 3. The minimum atomic E-state index is -0.862. The largest absolute Gasteiger partial charge is 0.502 e. The molecule has 1 N–H and O–H groups in total. The number of pyridine rings is 1. The van der Waals surface area contributed by atoms with Crippen LogP contribution in [-0.2, 0) is 18.6 Å². The molecule has 5 rings (SSSR count). The first-order valence-corrected chi connectivity index (χ1v) is 11.1. The summed E-state index contributed by atoms with van der Waals surface area (Å²) in [6, 6.07) is 4.20. The van der Waals surface area contributed by atoms with Crippen LogP contribution in [0.1, 0.15) is 58.2 Å². The third kappa shape index (κ3) is 2.68. The van der Waals surface area contributed by atoms with E-state index in [9.17, 15) is 23.9 Å². The van der Waals surface area contributed by atoms with Crippen molar-refractivity contribution in [3.05, 3.63) is 61.8 Å². The lowest BCUT2D eigenvalue weighted by Gasteiger charge is -2.45. The molecule has 1 saturated carbocycles. The van der Waals surface area contributed by atoms with E-state index in [2.05, 4.69) is 0 Å². The Balaban J connectivity index is 1.59. The molecule has 7 nitrogen and oxygen atoms in total. The van der Waals surface area contributed by atoms with Crippen LogP contribution in [0.25, 0.3) is 0 Å². The van der Waals surface area contributed by atoms with Crippen LogP contribution in [0.5, 0.6) is 5.75 Å². The van der Waals surface area contributed by atoms with Crippen LogP contribution < -0.4 is 5.56 Å². The van der Waals surface area contributed by atoms with Crippen LogP contribution in [0.3, 0.4) is 0 Å². The average Bonchev–Trinajstić information content (AvgIpc) is 2.91. The van der Waals surface area contributed by atoms with Crippen molar-refractivity contribution in [2.75, 3.05) is 13.6 Å². The monoisotopic (exact) mass is 459 g/mol. The summed E-state index contributed by atoms with van der Waals surface area (Å²) < 4.78 is 14.9. The number of carbonyl (C=O) groups is 2. The number of hydrogen-bond acceptors (Lipinski definition) is 4. The summed E-state index contributed by atoms with van der Waals surface area (Å²) in [5.74, 6) is -1.89. The lowest BCUT2D eigenvalue weighted by Crippen LogP contribution is -2.53. The molecule has 1 aromatic heterocycles. The first-order valence-electron chi connectivity index (χ1n) is 10.7. The predicted molar refractivity (Wildman–Crippen MR) is 115 cm³/mol. The molecule has 2 amide bonds. The molecule has 1 unspecified atom stereocenters. The Morgan fingerprint density at radius 2 is 1.94 bits per heavy atom. The Morgan fingerprint density at radius 1 is 1.22 bits per heavy atom. The molecular weight excluding hydrogens is 437 g/mol. The van der Waals surface area contributed by atoms with Crippen LogP contribution in [0.4, 0.5) is 4.39 Å². The van der Waals surface area contributed by atoms with Crippen molar-refractivity contribution in [1.29, 1.82) is 0 Å². The van der Waals surface area contributed by atoms with Crippen LogP contribution in [0.2, 0.25) is 5.02 Å². The van der Waals surface area contributed by atoms with Crippen LogP contribution >= 0.6 is 11.6 Å². The van der Waals surface area contributed by atoms with Crippen molar-refractivity contribution in [2.24, 2.45) is 5.92 Å². The van der Waals surface area contributed by atoms with E-state index in [0.717, 1.165) is 19.3 Å². The fraction of sp³-hybridized carbons (Fsp3) is 0.435. The maximum atomic E-state index is 13.5. The minimum Gasteiger partial charge on any atom is -0.502 e. The van der Waals surface area contributed by atoms with E-state index in [-0.39, 0.29) is 34.6 Å². The standard InChI is InChI=1S/C23H23ClFN3O4/c1-23(13-4-3-5-13)26(2)21(31)18-14-8-9-27(11-12-6-7-16(25)15(24)10-12)20(30)17(14)19(29)22(32)28(18)23/h6-7,10,13,29H,3-5,8-9,11H2,1-2H3. The number of hydrogen-bond donors (Lipinski definition) is 1. The maximum Gasteiger partial charge on any atom is 0.296 e. The third-order valence-electron chi connectivity index (χ3n) is 7.46. The molecule has 0 radical (unpaired) electrons. The van der Waals surface area contributed by atoms with E-state index in [0.29, 0.717) is 24.1 Å². The molecular formula is C23H23ClFN3O4. The van der Waals surface area contributed by atoms with Gasteiger partial charge in [-0.25, -0.2) is 4.39 Å². The molecule has 9 heteroatoms. The van der Waals surface area contributed by atoms with E-state index >= 15 is 0 Å². The molecule has 3 aliphatic rings. The third-order valence-corrected chi connectivity index (χ3v) is 7.75. The summed E-state index contributed by atoms with van der Waals surface area (Å²) >= 11 is 5.85. The summed E-state index contributed by atoms with van der Waals surface area (Å²) in [6.45, 7) is 2.29. The molecule has 3 heterocycles. The lowest BCUT2D eigenvalue weighted by atomic mass is 9.75. The minimum absolute atomic E-state index is 0.0461. The SMILES string of the molecule is CN1C(=O)c2c3c(c(O)c(=O)n2C1(C)C1CCC1)C(=O)N(Cc1ccc(F)c(Cl)c1)CC3. The Hall–Kier alpha value is -2.87. The molecule has 32 heavy (non-hydrogen) atoms. The number of aromatic nitrogens is 1. The normalized spacial score (nSPS) is 22.8. The first kappa shape index (κ1) is 21.0. The van der Waals surface area contributed by atoms with E-state index in [1.807, 2.05) is 6.92 Å². The molecule has 0 saturated heterocycles. The summed E-state index contributed by atoms with van der Waals surface area (Å²) in [4.78, 5) is 42.9. The number of halogens is 2. The zero-order valence-corrected chi connectivity index (χ0v) is 18.6. The van der Waals surface area contributed by atoms with E-state index < -0.39 is 28.7 Å². The second-order valence-electron chi connectivity index (χ2n) is 9.00. The van der Waals surface area contributed by atoms with Gasteiger partial charge < -0.3 is 14.9 Å². The summed E-state index contributed by atoms with van der Waals surface area (Å²) in [5, 5.41) is 10.8. The van der Waals surface area contributed by atoms with E-state index in [1.165, 1.54) is 27.7 Å². The van der Waals surface area contributed by atoms with Crippen LogP contribution in [-0.4, -0.2) is 44.9 Å². The highest BCUT2D eigenvalue weighted by molar-refractivity contribution is 6.30. The second-order valence-corrected chi connectivity index (χ2v) is 9.41. The second kappa shape index (κ2) is 7.07. The summed E-state index contributed by atoms with van der Waals surface area (Å²) in [7, 11) is 1.67. The number of carbonyl (C=O) groups excluding carboxylic acids is 2. The zero-order valence-electron chi connectivity index (χ0n) is 17.8. The van der Waals surface area contributed by atoms with Gasteiger partial charge in [0.1, 0.15) is 17.2 Å². The first-order chi connectivity index (χ1) is 15.2. The lowest BCUT2D eigenvalue weighted by molar-refractivity contribution is -0.00577. The molecule has 1 aliphatic carbocycles.